The van der Waals surface area contributed by atoms with Gasteiger partial charge in [0.25, 0.3) is 0 Å². The van der Waals surface area contributed by atoms with E-state index < -0.39 is 72.0 Å². The van der Waals surface area contributed by atoms with Gasteiger partial charge in [0.05, 0.1) is 12.1 Å². The molecule has 0 aromatic carbocycles. The van der Waals surface area contributed by atoms with Crippen molar-refractivity contribution >= 4 is 41.4 Å². The van der Waals surface area contributed by atoms with E-state index in [-0.39, 0.29) is 42.9 Å². The SMILES string of the molecule is CC[C@H](C)[C@H](N)C(=O)N1CCC[C@H]1C(=O)N1CCC[C@H]1C(=O)N[C@@H](CC(C)C)C(=O)N[C@H](C(=O)N[C@@H](CCC(N)=O)C(=O)O)[C@@H](C)O. The monoisotopic (exact) mass is 667 g/mol. The number of carbonyl (C=O) groups is 7. The third-order valence-electron chi connectivity index (χ3n) is 8.90. The second-order valence-corrected chi connectivity index (χ2v) is 13.1. The molecule has 47 heavy (non-hydrogen) atoms. The van der Waals surface area contributed by atoms with E-state index in [0.29, 0.717) is 45.2 Å². The zero-order valence-corrected chi connectivity index (χ0v) is 28.1. The minimum Gasteiger partial charge on any atom is -0.480 e. The molecule has 266 valence electrons. The smallest absolute Gasteiger partial charge is 0.326 e. The summed E-state index contributed by atoms with van der Waals surface area (Å²) in [6.07, 6.45) is 0.784. The third kappa shape index (κ3) is 10.9. The Labute approximate surface area is 275 Å². The van der Waals surface area contributed by atoms with Gasteiger partial charge in [0, 0.05) is 19.5 Å². The zero-order chi connectivity index (χ0) is 35.6. The summed E-state index contributed by atoms with van der Waals surface area (Å²) in [4.78, 5) is 92.6. The normalized spacial score (nSPS) is 21.7. The van der Waals surface area contributed by atoms with Crippen molar-refractivity contribution in [1.29, 1.82) is 0 Å². The molecule has 0 aromatic heterocycles. The van der Waals surface area contributed by atoms with Gasteiger partial charge in [-0.2, -0.15) is 0 Å². The quantitative estimate of drug-likeness (QED) is 0.0952. The number of carboxylic acids is 1. The van der Waals surface area contributed by atoms with E-state index >= 15 is 0 Å². The van der Waals surface area contributed by atoms with E-state index in [9.17, 15) is 43.8 Å². The molecule has 0 aromatic rings. The highest BCUT2D eigenvalue weighted by atomic mass is 16.4. The molecule has 2 aliphatic heterocycles. The first-order valence-corrected chi connectivity index (χ1v) is 16.5. The first kappa shape index (κ1) is 39.4. The Bertz CT molecular complexity index is 1160. The maximum Gasteiger partial charge on any atom is 0.326 e. The number of rotatable bonds is 17. The lowest BCUT2D eigenvalue weighted by atomic mass is 9.98. The third-order valence-corrected chi connectivity index (χ3v) is 8.90. The second kappa shape index (κ2) is 17.9. The summed E-state index contributed by atoms with van der Waals surface area (Å²) < 4.78 is 0. The van der Waals surface area contributed by atoms with Gasteiger partial charge in [0.15, 0.2) is 0 Å². The van der Waals surface area contributed by atoms with Crippen LogP contribution in [0.1, 0.15) is 86.0 Å². The average molecular weight is 668 g/mol. The van der Waals surface area contributed by atoms with E-state index in [1.807, 2.05) is 27.7 Å². The van der Waals surface area contributed by atoms with Crippen LogP contribution in [0.15, 0.2) is 0 Å². The first-order chi connectivity index (χ1) is 22.0. The number of likely N-dealkylation sites (tertiary alicyclic amines) is 2. The highest BCUT2D eigenvalue weighted by Crippen LogP contribution is 2.26. The molecule has 16 heteroatoms. The van der Waals surface area contributed by atoms with Crippen LogP contribution in [0.2, 0.25) is 0 Å². The molecule has 0 bridgehead atoms. The van der Waals surface area contributed by atoms with E-state index in [4.69, 9.17) is 11.5 Å². The van der Waals surface area contributed by atoms with E-state index in [1.165, 1.54) is 16.7 Å². The Morgan fingerprint density at radius 2 is 1.45 bits per heavy atom. The Morgan fingerprint density at radius 3 is 1.98 bits per heavy atom. The second-order valence-electron chi connectivity index (χ2n) is 13.1. The van der Waals surface area contributed by atoms with Crippen LogP contribution in [0.25, 0.3) is 0 Å². The Balaban J connectivity index is 2.17. The number of aliphatic carboxylic acids is 1. The van der Waals surface area contributed by atoms with Gasteiger partial charge < -0.3 is 47.4 Å². The lowest BCUT2D eigenvalue weighted by molar-refractivity contribution is -0.147. The summed E-state index contributed by atoms with van der Waals surface area (Å²) in [5.74, 6) is -5.35. The van der Waals surface area contributed by atoms with Gasteiger partial charge >= 0.3 is 5.97 Å². The molecule has 9 N–H and O–H groups in total. The fourth-order valence-electron chi connectivity index (χ4n) is 5.91. The Hall–Kier alpha value is -3.79. The summed E-state index contributed by atoms with van der Waals surface area (Å²) in [6.45, 7) is 9.40. The topological polar surface area (TPSA) is 255 Å². The van der Waals surface area contributed by atoms with Crippen molar-refractivity contribution < 1.29 is 43.8 Å². The standard InChI is InChI=1S/C31H53N7O9/c1-6-17(4)24(33)30(45)38-14-8-10-22(38)29(44)37-13-7-9-21(37)27(42)35-20(15-16(2)3)26(41)36-25(18(5)39)28(43)34-19(31(46)47)11-12-23(32)40/h16-22,24-25,39H,6-15,33H2,1-5H3,(H2,32,40)(H,34,43)(H,35,42)(H,36,41)(H,46,47)/t17-,18+,19-,20-,21-,22-,24-,25-/m0/s1. The number of nitrogens with zero attached hydrogens (tertiary/aromatic N) is 2. The Morgan fingerprint density at radius 1 is 0.851 bits per heavy atom. The zero-order valence-electron chi connectivity index (χ0n) is 28.1. The van der Waals surface area contributed by atoms with E-state index in [2.05, 4.69) is 16.0 Å². The van der Waals surface area contributed by atoms with Gasteiger partial charge in [-0.25, -0.2) is 4.79 Å². The molecule has 8 atom stereocenters. The van der Waals surface area contributed by atoms with Crippen molar-refractivity contribution in [3.05, 3.63) is 0 Å². The summed E-state index contributed by atoms with van der Waals surface area (Å²) in [7, 11) is 0. The number of hydrogen-bond acceptors (Lipinski definition) is 9. The van der Waals surface area contributed by atoms with Gasteiger partial charge in [0.2, 0.25) is 35.4 Å². The molecule has 0 spiro atoms. The number of aliphatic hydroxyl groups is 1. The fraction of sp³-hybridized carbons (Fsp3) is 0.774. The van der Waals surface area contributed by atoms with Crippen molar-refractivity contribution in [2.75, 3.05) is 13.1 Å². The average Bonchev–Trinajstić information content (AvgIpc) is 3.70. The number of carbonyl (C=O) groups excluding carboxylic acids is 6. The van der Waals surface area contributed by atoms with Crippen LogP contribution in [0.3, 0.4) is 0 Å². The molecule has 2 aliphatic rings. The maximum atomic E-state index is 13.7. The molecule has 0 unspecified atom stereocenters. The summed E-state index contributed by atoms with van der Waals surface area (Å²) in [5, 5.41) is 27.1. The van der Waals surface area contributed by atoms with Crippen LogP contribution < -0.4 is 27.4 Å². The predicted molar refractivity (Wildman–Crippen MR) is 170 cm³/mol. The summed E-state index contributed by atoms with van der Waals surface area (Å²) >= 11 is 0. The van der Waals surface area contributed by atoms with Gasteiger partial charge in [-0.1, -0.05) is 34.1 Å². The van der Waals surface area contributed by atoms with Gasteiger partial charge in [-0.05, 0) is 57.3 Å². The van der Waals surface area contributed by atoms with E-state index in [1.54, 1.807) is 0 Å². The van der Waals surface area contributed by atoms with Crippen LogP contribution in [0.4, 0.5) is 0 Å². The van der Waals surface area contributed by atoms with Crippen molar-refractivity contribution in [2.45, 2.75) is 128 Å². The fourth-order valence-corrected chi connectivity index (χ4v) is 5.91. The number of amides is 6. The van der Waals surface area contributed by atoms with Gasteiger partial charge in [-0.3, -0.25) is 28.8 Å². The molecule has 0 radical (unpaired) electrons. The predicted octanol–water partition coefficient (Wildman–Crippen LogP) is -1.43. The molecular weight excluding hydrogens is 614 g/mol. The number of aliphatic hydroxyl groups excluding tert-OH is 1. The minimum absolute atomic E-state index is 0.0619. The molecule has 6 amide bonds. The van der Waals surface area contributed by atoms with Gasteiger partial charge in [0.1, 0.15) is 30.2 Å². The number of nitrogens with two attached hydrogens (primary N) is 2. The van der Waals surface area contributed by atoms with Crippen molar-refractivity contribution in [2.24, 2.45) is 23.3 Å². The molecular formula is C31H53N7O9. The largest absolute Gasteiger partial charge is 0.480 e. The highest BCUT2D eigenvalue weighted by Gasteiger charge is 2.44. The number of primary amides is 1. The molecule has 0 aliphatic carbocycles. The highest BCUT2D eigenvalue weighted by molar-refractivity contribution is 5.97. The van der Waals surface area contributed by atoms with Crippen LogP contribution in [0, 0.1) is 11.8 Å². The number of carboxylic acid groups (broad SMARTS) is 1. The summed E-state index contributed by atoms with van der Waals surface area (Å²) in [6, 6.07) is -6.59. The van der Waals surface area contributed by atoms with E-state index in [0.717, 1.165) is 0 Å². The number of nitrogens with one attached hydrogen (secondary N) is 3. The molecule has 2 fully saturated rings. The molecule has 2 rings (SSSR count). The van der Waals surface area contributed by atoms with Crippen molar-refractivity contribution in [3.8, 4) is 0 Å². The molecule has 2 heterocycles. The summed E-state index contributed by atoms with van der Waals surface area (Å²) in [5.41, 5.74) is 11.3. The molecule has 16 nitrogen and oxygen atoms in total. The Kier molecular flexibility index (Phi) is 15.0. The van der Waals surface area contributed by atoms with Crippen LogP contribution in [0.5, 0.6) is 0 Å². The van der Waals surface area contributed by atoms with Crippen LogP contribution in [-0.4, -0.2) is 117 Å². The maximum absolute atomic E-state index is 13.7. The molecule has 2 saturated heterocycles. The molecule has 0 saturated carbocycles. The van der Waals surface area contributed by atoms with Crippen molar-refractivity contribution in [1.82, 2.24) is 25.8 Å². The lowest BCUT2D eigenvalue weighted by Crippen LogP contribution is -2.60. The lowest BCUT2D eigenvalue weighted by Gasteiger charge is -2.33. The van der Waals surface area contributed by atoms with Crippen LogP contribution >= 0.6 is 0 Å². The van der Waals surface area contributed by atoms with Gasteiger partial charge in [-0.15, -0.1) is 0 Å². The number of hydrogen-bond donors (Lipinski definition) is 7. The minimum atomic E-state index is -1.58. The van der Waals surface area contributed by atoms with Crippen molar-refractivity contribution in [3.63, 3.8) is 0 Å². The van der Waals surface area contributed by atoms with Crippen LogP contribution in [-0.2, 0) is 33.6 Å². The first-order valence-electron chi connectivity index (χ1n) is 16.5.